The first kappa shape index (κ1) is 12.2. The normalized spacial score (nSPS) is 11.5. The van der Waals surface area contributed by atoms with E-state index in [1.807, 2.05) is 20.8 Å². The van der Waals surface area contributed by atoms with Gasteiger partial charge in [-0.2, -0.15) is 0 Å². The van der Waals surface area contributed by atoms with Crippen LogP contribution in [0.2, 0.25) is 19.6 Å². The largest absolute Gasteiger partial charge is 0.450 e. The lowest BCUT2D eigenvalue weighted by molar-refractivity contribution is -0.147. The molecule has 0 aliphatic carbocycles. The van der Waals surface area contributed by atoms with Crippen LogP contribution >= 0.6 is 0 Å². The Bertz CT molecular complexity index is 245. The van der Waals surface area contributed by atoms with Crippen LogP contribution in [0, 0.1) is 11.5 Å². The molecule has 0 fully saturated rings. The Morgan fingerprint density at radius 2 is 1.69 bits per heavy atom. The molecule has 0 aliphatic heterocycles. The maximum atomic E-state index is 11.1. The number of rotatable bonds is 0. The van der Waals surface area contributed by atoms with Crippen molar-refractivity contribution in [3.8, 4) is 11.5 Å². The first-order valence-corrected chi connectivity index (χ1v) is 7.86. The fraction of sp³-hybridized carbons (Fsp3) is 0.700. The van der Waals surface area contributed by atoms with Gasteiger partial charge in [-0.3, -0.25) is 0 Å². The summed E-state index contributed by atoms with van der Waals surface area (Å²) in [4.78, 5) is 11.1. The molecule has 0 saturated carbocycles. The molecule has 0 aromatic rings. The van der Waals surface area contributed by atoms with Gasteiger partial charge in [0.05, 0.1) is 0 Å². The molecule has 0 spiro atoms. The Hall–Kier alpha value is -0.753. The lowest BCUT2D eigenvalue weighted by atomic mass is 10.2. The number of ether oxygens (including phenoxy) is 1. The van der Waals surface area contributed by atoms with Crippen LogP contribution in [0.4, 0.5) is 0 Å². The van der Waals surface area contributed by atoms with Gasteiger partial charge >= 0.3 is 5.97 Å². The molecule has 0 saturated heterocycles. The topological polar surface area (TPSA) is 26.3 Å². The minimum Gasteiger partial charge on any atom is -0.450 e. The molecule has 13 heavy (non-hydrogen) atoms. The van der Waals surface area contributed by atoms with Crippen molar-refractivity contribution in [2.75, 3.05) is 0 Å². The van der Waals surface area contributed by atoms with Gasteiger partial charge in [0, 0.05) is 5.92 Å². The minimum absolute atomic E-state index is 0.421. The van der Waals surface area contributed by atoms with Crippen LogP contribution in [0.15, 0.2) is 0 Å². The number of carbonyl (C=O) groups is 1. The van der Waals surface area contributed by atoms with Crippen LogP contribution in [0.25, 0.3) is 0 Å². The van der Waals surface area contributed by atoms with Crippen LogP contribution in [0.1, 0.15) is 20.8 Å². The zero-order valence-corrected chi connectivity index (χ0v) is 10.3. The highest BCUT2D eigenvalue weighted by molar-refractivity contribution is 6.84. The third-order valence-corrected chi connectivity index (χ3v) is 1.81. The fourth-order valence-electron chi connectivity index (χ4n) is 0.542. The van der Waals surface area contributed by atoms with Crippen molar-refractivity contribution in [2.45, 2.75) is 46.0 Å². The first-order chi connectivity index (χ1) is 5.60. The van der Waals surface area contributed by atoms with Gasteiger partial charge < -0.3 is 4.74 Å². The highest BCUT2D eigenvalue weighted by Gasteiger charge is 2.15. The Morgan fingerprint density at radius 1 is 1.23 bits per heavy atom. The van der Waals surface area contributed by atoms with E-state index >= 15 is 0 Å². The molecule has 74 valence electrons. The number of hydrogen-bond donors (Lipinski definition) is 0. The van der Waals surface area contributed by atoms with Crippen LogP contribution < -0.4 is 0 Å². The maximum absolute atomic E-state index is 11.1. The predicted octanol–water partition coefficient (Wildman–Crippen LogP) is 2.21. The summed E-state index contributed by atoms with van der Waals surface area (Å²) in [7, 11) is -1.46. The number of hydrogen-bond acceptors (Lipinski definition) is 2. The molecule has 0 rings (SSSR count). The zero-order valence-electron chi connectivity index (χ0n) is 9.32. The molecule has 0 heterocycles. The molecular weight excluding hydrogens is 180 g/mol. The summed E-state index contributed by atoms with van der Waals surface area (Å²) in [6.07, 6.45) is 0. The van der Waals surface area contributed by atoms with Gasteiger partial charge in [0.2, 0.25) is 0 Å². The Balaban J connectivity index is 4.23. The average molecular weight is 198 g/mol. The first-order valence-electron chi connectivity index (χ1n) is 4.36. The van der Waals surface area contributed by atoms with Crippen molar-refractivity contribution in [1.82, 2.24) is 0 Å². The van der Waals surface area contributed by atoms with Gasteiger partial charge in [0.15, 0.2) is 0 Å². The van der Waals surface area contributed by atoms with Gasteiger partial charge in [-0.1, -0.05) is 19.6 Å². The van der Waals surface area contributed by atoms with Crippen molar-refractivity contribution in [3.05, 3.63) is 0 Å². The van der Waals surface area contributed by atoms with E-state index in [1.54, 1.807) is 0 Å². The lowest BCUT2D eigenvalue weighted by Gasteiger charge is -2.17. The van der Waals surface area contributed by atoms with Crippen LogP contribution in [0.5, 0.6) is 0 Å². The van der Waals surface area contributed by atoms with Gasteiger partial charge in [-0.05, 0) is 20.8 Å². The molecule has 0 unspecified atom stereocenters. The smallest absolute Gasteiger partial charge is 0.384 e. The molecule has 0 radical (unpaired) electrons. The third kappa shape index (κ3) is 9.16. The quantitative estimate of drug-likeness (QED) is 0.339. The van der Waals surface area contributed by atoms with E-state index in [2.05, 4.69) is 31.1 Å². The van der Waals surface area contributed by atoms with Crippen molar-refractivity contribution in [2.24, 2.45) is 0 Å². The van der Waals surface area contributed by atoms with Crippen molar-refractivity contribution in [3.63, 3.8) is 0 Å². The van der Waals surface area contributed by atoms with E-state index in [9.17, 15) is 4.79 Å². The molecule has 0 N–H and O–H groups in total. The molecule has 0 atom stereocenters. The van der Waals surface area contributed by atoms with E-state index < -0.39 is 19.6 Å². The van der Waals surface area contributed by atoms with Crippen LogP contribution in [-0.4, -0.2) is 19.6 Å². The summed E-state index contributed by atoms with van der Waals surface area (Å²) in [6.45, 7) is 11.8. The zero-order chi connectivity index (χ0) is 10.7. The summed E-state index contributed by atoms with van der Waals surface area (Å²) >= 11 is 0. The molecule has 3 heteroatoms. The number of esters is 1. The number of carbonyl (C=O) groups excluding carboxylic acids is 1. The van der Waals surface area contributed by atoms with Crippen molar-refractivity contribution < 1.29 is 9.53 Å². The second kappa shape index (κ2) is 3.97. The van der Waals surface area contributed by atoms with Crippen LogP contribution in [0.3, 0.4) is 0 Å². The van der Waals surface area contributed by atoms with Crippen molar-refractivity contribution >= 4 is 14.0 Å². The van der Waals surface area contributed by atoms with E-state index in [1.165, 1.54) is 0 Å². The highest BCUT2D eigenvalue weighted by Crippen LogP contribution is 2.06. The van der Waals surface area contributed by atoms with Gasteiger partial charge in [0.25, 0.3) is 0 Å². The molecule has 2 nitrogen and oxygen atoms in total. The minimum atomic E-state index is -1.46. The van der Waals surface area contributed by atoms with Gasteiger partial charge in [0.1, 0.15) is 13.7 Å². The monoisotopic (exact) mass is 198 g/mol. The van der Waals surface area contributed by atoms with E-state index in [4.69, 9.17) is 4.74 Å². The second-order valence-electron chi connectivity index (χ2n) is 5.00. The summed E-state index contributed by atoms with van der Waals surface area (Å²) in [5.41, 5.74) is 2.52. The molecule has 0 aliphatic rings. The Labute approximate surface area is 81.7 Å². The Morgan fingerprint density at radius 3 is 2.00 bits per heavy atom. The average Bonchev–Trinajstić information content (AvgIpc) is 1.78. The van der Waals surface area contributed by atoms with E-state index in [0.29, 0.717) is 0 Å². The molecule has 0 aromatic heterocycles. The standard InChI is InChI=1S/C10H18O2Si/c1-10(2,3)12-9(11)7-8-13(4,5)6/h1-6H3. The SMILES string of the molecule is CC(C)(C)OC(=O)C#C[Si](C)(C)C. The molecule has 0 bridgehead atoms. The maximum Gasteiger partial charge on any atom is 0.384 e. The summed E-state index contributed by atoms with van der Waals surface area (Å²) < 4.78 is 5.04. The van der Waals surface area contributed by atoms with Crippen LogP contribution in [-0.2, 0) is 9.53 Å². The molecular formula is C10H18O2Si. The predicted molar refractivity (Wildman–Crippen MR) is 57.0 cm³/mol. The molecule has 0 amide bonds. The van der Waals surface area contributed by atoms with E-state index in [0.717, 1.165) is 0 Å². The van der Waals surface area contributed by atoms with Gasteiger partial charge in [-0.25, -0.2) is 4.79 Å². The van der Waals surface area contributed by atoms with E-state index in [-0.39, 0.29) is 0 Å². The van der Waals surface area contributed by atoms with Crippen molar-refractivity contribution in [1.29, 1.82) is 0 Å². The summed E-state index contributed by atoms with van der Waals surface area (Å²) in [5, 5.41) is 0. The highest BCUT2D eigenvalue weighted by atomic mass is 28.3. The summed E-state index contributed by atoms with van der Waals surface area (Å²) in [6, 6.07) is 0. The lowest BCUT2D eigenvalue weighted by Crippen LogP contribution is -2.24. The summed E-state index contributed by atoms with van der Waals surface area (Å²) in [5.74, 6) is 2.11. The fourth-order valence-corrected chi connectivity index (χ4v) is 1.02. The molecule has 0 aromatic carbocycles. The Kier molecular flexibility index (Phi) is 3.74. The second-order valence-corrected chi connectivity index (χ2v) is 9.75. The van der Waals surface area contributed by atoms with Gasteiger partial charge in [-0.15, -0.1) is 5.54 Å². The third-order valence-electron chi connectivity index (χ3n) is 0.938.